The second-order valence-corrected chi connectivity index (χ2v) is 5.31. The molecule has 0 radical (unpaired) electrons. The molecule has 0 atom stereocenters. The molecule has 1 aromatic rings. The number of rotatable bonds is 3. The number of guanidine groups is 1. The van der Waals surface area contributed by atoms with Gasteiger partial charge in [0, 0.05) is 24.7 Å². The summed E-state index contributed by atoms with van der Waals surface area (Å²) in [4.78, 5) is 8.50. The van der Waals surface area contributed by atoms with Crippen LogP contribution in [-0.2, 0) is 6.54 Å². The largest absolute Gasteiger partial charge is 0.354 e. The molecule has 0 aromatic carbocycles. The molecule has 6 heteroatoms. The van der Waals surface area contributed by atoms with Gasteiger partial charge in [-0.3, -0.25) is 4.99 Å². The van der Waals surface area contributed by atoms with Gasteiger partial charge in [-0.25, -0.2) is 4.98 Å². The molecule has 0 unspecified atom stereocenters. The second kappa shape index (κ2) is 8.68. The standard InChI is InChI=1S/C12H20N4S.HI/c1-13-12(15-9-11-14-7-8-17-11)16-10-5-3-2-4-6-10;/h7-8,10H,2-6,9H2,1H3,(H2,13,15,16);1H. The van der Waals surface area contributed by atoms with Crippen LogP contribution in [0.15, 0.2) is 16.6 Å². The highest BCUT2D eigenvalue weighted by Crippen LogP contribution is 2.17. The van der Waals surface area contributed by atoms with E-state index in [1.807, 2.05) is 18.6 Å². The van der Waals surface area contributed by atoms with Crippen LogP contribution in [0, 0.1) is 0 Å². The van der Waals surface area contributed by atoms with Crippen molar-refractivity contribution in [1.82, 2.24) is 15.6 Å². The Morgan fingerprint density at radius 3 is 2.83 bits per heavy atom. The minimum atomic E-state index is 0. The maximum atomic E-state index is 4.25. The van der Waals surface area contributed by atoms with E-state index in [0.717, 1.165) is 17.5 Å². The summed E-state index contributed by atoms with van der Waals surface area (Å²) < 4.78 is 0. The molecule has 1 fully saturated rings. The first-order valence-corrected chi connectivity index (χ1v) is 7.12. The van der Waals surface area contributed by atoms with Gasteiger partial charge in [0.2, 0.25) is 0 Å². The van der Waals surface area contributed by atoms with Gasteiger partial charge in [0.05, 0.1) is 6.54 Å². The third-order valence-electron chi connectivity index (χ3n) is 3.06. The van der Waals surface area contributed by atoms with Crippen LogP contribution in [0.5, 0.6) is 0 Å². The average molecular weight is 380 g/mol. The van der Waals surface area contributed by atoms with Crippen molar-refractivity contribution in [2.75, 3.05) is 7.05 Å². The van der Waals surface area contributed by atoms with E-state index in [2.05, 4.69) is 20.6 Å². The predicted molar refractivity (Wildman–Crippen MR) is 87.7 cm³/mol. The number of nitrogens with one attached hydrogen (secondary N) is 2. The predicted octanol–water partition coefficient (Wildman–Crippen LogP) is 2.76. The molecule has 0 saturated heterocycles. The van der Waals surface area contributed by atoms with E-state index in [9.17, 15) is 0 Å². The van der Waals surface area contributed by atoms with Gasteiger partial charge in [-0.15, -0.1) is 35.3 Å². The lowest BCUT2D eigenvalue weighted by Gasteiger charge is -2.24. The lowest BCUT2D eigenvalue weighted by atomic mass is 9.96. The van der Waals surface area contributed by atoms with Crippen LogP contribution >= 0.6 is 35.3 Å². The lowest BCUT2D eigenvalue weighted by Crippen LogP contribution is -2.43. The van der Waals surface area contributed by atoms with Gasteiger partial charge in [-0.2, -0.15) is 0 Å². The van der Waals surface area contributed by atoms with Gasteiger partial charge < -0.3 is 10.6 Å². The highest BCUT2D eigenvalue weighted by Gasteiger charge is 2.14. The summed E-state index contributed by atoms with van der Waals surface area (Å²) in [6.45, 7) is 0.754. The summed E-state index contributed by atoms with van der Waals surface area (Å²) in [6, 6.07) is 0.589. The smallest absolute Gasteiger partial charge is 0.191 e. The van der Waals surface area contributed by atoms with Crippen LogP contribution < -0.4 is 10.6 Å². The van der Waals surface area contributed by atoms with Gasteiger partial charge in [-0.05, 0) is 12.8 Å². The Morgan fingerprint density at radius 2 is 2.22 bits per heavy atom. The number of hydrogen-bond donors (Lipinski definition) is 2. The van der Waals surface area contributed by atoms with Gasteiger partial charge in [0.1, 0.15) is 5.01 Å². The van der Waals surface area contributed by atoms with E-state index in [1.54, 1.807) is 11.3 Å². The Kier molecular flexibility index (Phi) is 7.57. The Bertz CT molecular complexity index is 347. The Balaban J connectivity index is 0.00000162. The van der Waals surface area contributed by atoms with Crippen LogP contribution in [0.25, 0.3) is 0 Å². The zero-order chi connectivity index (χ0) is 11.9. The Morgan fingerprint density at radius 1 is 1.44 bits per heavy atom. The summed E-state index contributed by atoms with van der Waals surface area (Å²) in [5.74, 6) is 0.895. The topological polar surface area (TPSA) is 49.3 Å². The molecule has 2 rings (SSSR count). The van der Waals surface area contributed by atoms with E-state index >= 15 is 0 Å². The number of nitrogens with zero attached hydrogens (tertiary/aromatic N) is 2. The van der Waals surface area contributed by atoms with Crippen molar-refractivity contribution < 1.29 is 0 Å². The molecule has 1 heterocycles. The normalized spacial score (nSPS) is 17.1. The van der Waals surface area contributed by atoms with Crippen LogP contribution in [-0.4, -0.2) is 24.0 Å². The minimum Gasteiger partial charge on any atom is -0.354 e. The van der Waals surface area contributed by atoms with Crippen LogP contribution in [0.1, 0.15) is 37.1 Å². The fraction of sp³-hybridized carbons (Fsp3) is 0.667. The van der Waals surface area contributed by atoms with Crippen molar-refractivity contribution in [1.29, 1.82) is 0 Å². The molecule has 0 spiro atoms. The van der Waals surface area contributed by atoms with Crippen molar-refractivity contribution in [3.63, 3.8) is 0 Å². The number of halogens is 1. The molecule has 0 amide bonds. The molecular formula is C12H21IN4S. The van der Waals surface area contributed by atoms with Gasteiger partial charge in [-0.1, -0.05) is 19.3 Å². The SMILES string of the molecule is CN=C(NCc1nccs1)NC1CCCCC1.I. The zero-order valence-electron chi connectivity index (χ0n) is 10.7. The van der Waals surface area contributed by atoms with Crippen molar-refractivity contribution in [2.45, 2.75) is 44.7 Å². The van der Waals surface area contributed by atoms with E-state index in [-0.39, 0.29) is 24.0 Å². The van der Waals surface area contributed by atoms with Crippen LogP contribution in [0.4, 0.5) is 0 Å². The molecule has 18 heavy (non-hydrogen) atoms. The molecule has 1 saturated carbocycles. The van der Waals surface area contributed by atoms with E-state index in [4.69, 9.17) is 0 Å². The fourth-order valence-corrected chi connectivity index (χ4v) is 2.69. The Labute approximate surface area is 130 Å². The molecule has 1 aromatic heterocycles. The summed E-state index contributed by atoms with van der Waals surface area (Å²) in [6.07, 6.45) is 8.40. The highest BCUT2D eigenvalue weighted by molar-refractivity contribution is 14.0. The second-order valence-electron chi connectivity index (χ2n) is 4.33. The van der Waals surface area contributed by atoms with Gasteiger partial charge >= 0.3 is 0 Å². The van der Waals surface area contributed by atoms with Gasteiger partial charge in [0.25, 0.3) is 0 Å². The molecule has 1 aliphatic rings. The first-order chi connectivity index (χ1) is 8.38. The number of aromatic nitrogens is 1. The van der Waals surface area contributed by atoms with E-state index in [0.29, 0.717) is 6.04 Å². The molecule has 102 valence electrons. The molecule has 0 bridgehead atoms. The zero-order valence-corrected chi connectivity index (χ0v) is 13.8. The fourth-order valence-electron chi connectivity index (χ4n) is 2.13. The van der Waals surface area contributed by atoms with E-state index in [1.165, 1.54) is 32.1 Å². The first-order valence-electron chi connectivity index (χ1n) is 6.24. The third-order valence-corrected chi connectivity index (χ3v) is 3.84. The molecular weight excluding hydrogens is 359 g/mol. The van der Waals surface area contributed by atoms with Crippen LogP contribution in [0.3, 0.4) is 0 Å². The molecule has 1 aliphatic carbocycles. The van der Waals surface area contributed by atoms with E-state index < -0.39 is 0 Å². The number of thiazole rings is 1. The summed E-state index contributed by atoms with van der Waals surface area (Å²) >= 11 is 1.67. The first kappa shape index (κ1) is 15.7. The maximum absolute atomic E-state index is 4.25. The molecule has 4 nitrogen and oxygen atoms in total. The summed E-state index contributed by atoms with van der Waals surface area (Å²) in [5, 5.41) is 9.88. The summed E-state index contributed by atoms with van der Waals surface area (Å²) in [7, 11) is 1.82. The van der Waals surface area contributed by atoms with Crippen molar-refractivity contribution in [3.8, 4) is 0 Å². The average Bonchev–Trinajstić information content (AvgIpc) is 2.89. The number of aliphatic imine (C=N–C) groups is 1. The maximum Gasteiger partial charge on any atom is 0.191 e. The third kappa shape index (κ3) is 5.09. The molecule has 0 aliphatic heterocycles. The Hall–Kier alpha value is -0.370. The quantitative estimate of drug-likeness (QED) is 0.482. The van der Waals surface area contributed by atoms with Crippen LogP contribution in [0.2, 0.25) is 0 Å². The minimum absolute atomic E-state index is 0. The number of hydrogen-bond acceptors (Lipinski definition) is 3. The summed E-state index contributed by atoms with van der Waals surface area (Å²) in [5.41, 5.74) is 0. The van der Waals surface area contributed by atoms with Gasteiger partial charge in [0.15, 0.2) is 5.96 Å². The van der Waals surface area contributed by atoms with Crippen molar-refractivity contribution in [3.05, 3.63) is 16.6 Å². The van der Waals surface area contributed by atoms with Crippen molar-refractivity contribution in [2.24, 2.45) is 4.99 Å². The highest BCUT2D eigenvalue weighted by atomic mass is 127. The lowest BCUT2D eigenvalue weighted by molar-refractivity contribution is 0.410. The molecule has 2 N–H and O–H groups in total. The van der Waals surface area contributed by atoms with Crippen molar-refractivity contribution >= 4 is 41.3 Å². The monoisotopic (exact) mass is 380 g/mol.